The predicted octanol–water partition coefficient (Wildman–Crippen LogP) is 2.67. The Kier molecular flexibility index (Phi) is 5.02. The molecule has 1 aliphatic carbocycles. The predicted molar refractivity (Wildman–Crippen MR) is 74.6 cm³/mol. The fraction of sp³-hybridized carbons (Fsp3) is 0.538. The summed E-state index contributed by atoms with van der Waals surface area (Å²) >= 11 is 11.5. The number of aliphatic hydroxyl groups excluding tert-OH is 1. The van der Waals surface area contributed by atoms with Crippen LogP contribution in [0, 0.1) is 5.92 Å². The molecular formula is C13H16Cl2N2O2. The summed E-state index contributed by atoms with van der Waals surface area (Å²) < 4.78 is 0. The van der Waals surface area contributed by atoms with E-state index in [4.69, 9.17) is 23.2 Å². The Morgan fingerprint density at radius 3 is 2.68 bits per heavy atom. The van der Waals surface area contributed by atoms with E-state index >= 15 is 0 Å². The number of carbonyl (C=O) groups excluding carboxylic acids is 1. The largest absolute Gasteiger partial charge is 0.393 e. The average molecular weight is 303 g/mol. The highest BCUT2D eigenvalue weighted by atomic mass is 35.5. The molecule has 6 heteroatoms. The first-order chi connectivity index (χ1) is 9.06. The summed E-state index contributed by atoms with van der Waals surface area (Å²) in [6, 6.07) is 1.51. The number of rotatable bonds is 3. The molecule has 1 aliphatic rings. The minimum absolute atomic E-state index is 0.175. The van der Waals surface area contributed by atoms with Crippen molar-refractivity contribution < 1.29 is 9.90 Å². The number of hydrogen-bond acceptors (Lipinski definition) is 3. The van der Waals surface area contributed by atoms with E-state index in [1.807, 2.05) is 0 Å². The van der Waals surface area contributed by atoms with E-state index in [2.05, 4.69) is 10.3 Å². The molecule has 1 fully saturated rings. The number of aromatic nitrogens is 1. The van der Waals surface area contributed by atoms with Gasteiger partial charge in [-0.3, -0.25) is 4.79 Å². The summed E-state index contributed by atoms with van der Waals surface area (Å²) in [6.45, 7) is 0.617. The second kappa shape index (κ2) is 6.55. The summed E-state index contributed by atoms with van der Waals surface area (Å²) in [6.07, 6.45) is 4.76. The van der Waals surface area contributed by atoms with Gasteiger partial charge in [-0.2, -0.15) is 0 Å². The van der Waals surface area contributed by atoms with E-state index in [0.29, 0.717) is 18.0 Å². The lowest BCUT2D eigenvalue weighted by atomic mass is 9.87. The van der Waals surface area contributed by atoms with Crippen molar-refractivity contribution >= 4 is 29.1 Å². The van der Waals surface area contributed by atoms with Crippen LogP contribution in [0.2, 0.25) is 10.2 Å². The highest BCUT2D eigenvalue weighted by Gasteiger charge is 2.20. The van der Waals surface area contributed by atoms with Gasteiger partial charge in [-0.05, 0) is 37.7 Å². The molecule has 1 saturated carbocycles. The van der Waals surface area contributed by atoms with Gasteiger partial charge in [-0.15, -0.1) is 0 Å². The molecule has 1 aromatic heterocycles. The lowest BCUT2D eigenvalue weighted by Gasteiger charge is -2.25. The van der Waals surface area contributed by atoms with Gasteiger partial charge in [-0.25, -0.2) is 4.98 Å². The number of hydrogen-bond donors (Lipinski definition) is 2. The Hall–Kier alpha value is -0.840. The Morgan fingerprint density at radius 1 is 1.37 bits per heavy atom. The Balaban J connectivity index is 1.85. The number of amides is 1. The van der Waals surface area contributed by atoms with Crippen molar-refractivity contribution in [2.24, 2.45) is 5.92 Å². The first-order valence-corrected chi connectivity index (χ1v) is 7.09. The summed E-state index contributed by atoms with van der Waals surface area (Å²) in [5.41, 5.74) is 0.408. The molecule has 1 heterocycles. The third-order valence-electron chi connectivity index (χ3n) is 3.43. The molecule has 0 spiro atoms. The molecule has 0 aromatic carbocycles. The maximum absolute atomic E-state index is 11.9. The lowest BCUT2D eigenvalue weighted by Crippen LogP contribution is -2.32. The number of nitrogens with one attached hydrogen (secondary N) is 1. The van der Waals surface area contributed by atoms with Crippen LogP contribution in [0.3, 0.4) is 0 Å². The standard InChI is InChI=1S/C13H16Cl2N2O2/c14-11-5-9(7-16-12(11)15)13(19)17-6-8-1-3-10(18)4-2-8/h5,7-8,10,18H,1-4,6H2,(H,17,19). The quantitative estimate of drug-likeness (QED) is 0.844. The molecule has 0 radical (unpaired) electrons. The first-order valence-electron chi connectivity index (χ1n) is 6.33. The highest BCUT2D eigenvalue weighted by molar-refractivity contribution is 6.41. The maximum atomic E-state index is 11.9. The molecule has 2 rings (SSSR count). The molecule has 4 nitrogen and oxygen atoms in total. The topological polar surface area (TPSA) is 62.2 Å². The fourth-order valence-electron chi connectivity index (χ4n) is 2.23. The summed E-state index contributed by atoms with van der Waals surface area (Å²) in [4.78, 5) is 15.8. The first kappa shape index (κ1) is 14.6. The third-order valence-corrected chi connectivity index (χ3v) is 4.11. The minimum Gasteiger partial charge on any atom is -0.393 e. The Morgan fingerprint density at radius 2 is 2.05 bits per heavy atom. The second-order valence-corrected chi connectivity index (χ2v) is 5.65. The van der Waals surface area contributed by atoms with Crippen LogP contribution in [0.15, 0.2) is 12.3 Å². The summed E-state index contributed by atoms with van der Waals surface area (Å²) in [5, 5.41) is 12.8. The van der Waals surface area contributed by atoms with Crippen molar-refractivity contribution in [2.45, 2.75) is 31.8 Å². The van der Waals surface area contributed by atoms with Gasteiger partial charge < -0.3 is 10.4 Å². The molecule has 0 saturated heterocycles. The van der Waals surface area contributed by atoms with E-state index in [1.54, 1.807) is 0 Å². The number of halogens is 2. The van der Waals surface area contributed by atoms with Crippen LogP contribution in [0.1, 0.15) is 36.0 Å². The molecule has 1 amide bonds. The molecule has 2 N–H and O–H groups in total. The van der Waals surface area contributed by atoms with E-state index in [-0.39, 0.29) is 22.2 Å². The van der Waals surface area contributed by atoms with Crippen molar-refractivity contribution in [1.29, 1.82) is 0 Å². The molecular weight excluding hydrogens is 287 g/mol. The van der Waals surface area contributed by atoms with Crippen molar-refractivity contribution in [3.05, 3.63) is 28.0 Å². The van der Waals surface area contributed by atoms with E-state index in [0.717, 1.165) is 25.7 Å². The van der Waals surface area contributed by atoms with Crippen LogP contribution < -0.4 is 5.32 Å². The smallest absolute Gasteiger partial charge is 0.252 e. The highest BCUT2D eigenvalue weighted by Crippen LogP contribution is 2.24. The minimum atomic E-state index is -0.197. The zero-order valence-corrected chi connectivity index (χ0v) is 11.9. The molecule has 0 bridgehead atoms. The van der Waals surface area contributed by atoms with Crippen molar-refractivity contribution in [3.8, 4) is 0 Å². The van der Waals surface area contributed by atoms with E-state index < -0.39 is 0 Å². The van der Waals surface area contributed by atoms with Crippen molar-refractivity contribution in [3.63, 3.8) is 0 Å². The van der Waals surface area contributed by atoms with Gasteiger partial charge in [0.25, 0.3) is 5.91 Å². The lowest BCUT2D eigenvalue weighted by molar-refractivity contribution is 0.0910. The Bertz CT molecular complexity index is 460. The van der Waals surface area contributed by atoms with Crippen LogP contribution in [0.25, 0.3) is 0 Å². The fourth-order valence-corrected chi connectivity index (χ4v) is 2.50. The third kappa shape index (κ3) is 4.06. The average Bonchev–Trinajstić information content (AvgIpc) is 2.41. The zero-order chi connectivity index (χ0) is 13.8. The summed E-state index contributed by atoms with van der Waals surface area (Å²) in [7, 11) is 0. The van der Waals surface area contributed by atoms with Crippen LogP contribution in [0.5, 0.6) is 0 Å². The molecule has 0 aliphatic heterocycles. The van der Waals surface area contributed by atoms with Crippen LogP contribution in [-0.4, -0.2) is 28.6 Å². The zero-order valence-electron chi connectivity index (χ0n) is 10.4. The normalized spacial score (nSPS) is 23.1. The number of carbonyl (C=O) groups is 1. The number of nitrogens with zero attached hydrogens (tertiary/aromatic N) is 1. The molecule has 0 unspecified atom stereocenters. The molecule has 0 atom stereocenters. The van der Waals surface area contributed by atoms with E-state index in [9.17, 15) is 9.90 Å². The van der Waals surface area contributed by atoms with Gasteiger partial charge in [0.2, 0.25) is 0 Å². The molecule has 19 heavy (non-hydrogen) atoms. The Labute approximate surface area is 122 Å². The molecule has 1 aromatic rings. The van der Waals surface area contributed by atoms with E-state index in [1.165, 1.54) is 12.3 Å². The second-order valence-electron chi connectivity index (χ2n) is 4.88. The maximum Gasteiger partial charge on any atom is 0.252 e. The monoisotopic (exact) mass is 302 g/mol. The van der Waals surface area contributed by atoms with Gasteiger partial charge >= 0.3 is 0 Å². The van der Waals surface area contributed by atoms with Crippen LogP contribution in [-0.2, 0) is 0 Å². The van der Waals surface area contributed by atoms with Gasteiger partial charge in [0.1, 0.15) is 5.15 Å². The van der Waals surface area contributed by atoms with Crippen LogP contribution >= 0.6 is 23.2 Å². The van der Waals surface area contributed by atoms with Crippen molar-refractivity contribution in [1.82, 2.24) is 10.3 Å². The summed E-state index contributed by atoms with van der Waals surface area (Å²) in [5.74, 6) is 0.236. The molecule has 104 valence electrons. The van der Waals surface area contributed by atoms with Crippen LogP contribution in [0.4, 0.5) is 0 Å². The van der Waals surface area contributed by atoms with Crippen molar-refractivity contribution in [2.75, 3.05) is 6.54 Å². The van der Waals surface area contributed by atoms with Gasteiger partial charge in [-0.1, -0.05) is 23.2 Å². The number of pyridine rings is 1. The number of aliphatic hydroxyl groups is 1. The van der Waals surface area contributed by atoms with Gasteiger partial charge in [0.15, 0.2) is 0 Å². The van der Waals surface area contributed by atoms with Gasteiger partial charge in [0, 0.05) is 12.7 Å². The SMILES string of the molecule is O=C(NCC1CCC(O)CC1)c1cnc(Cl)c(Cl)c1. The van der Waals surface area contributed by atoms with Gasteiger partial charge in [0.05, 0.1) is 16.7 Å².